The van der Waals surface area contributed by atoms with Gasteiger partial charge >= 0.3 is 0 Å². The van der Waals surface area contributed by atoms with Gasteiger partial charge in [-0.2, -0.15) is 0 Å². The second-order valence-corrected chi connectivity index (χ2v) is 8.15. The molecule has 1 aliphatic rings. The highest BCUT2D eigenvalue weighted by Crippen LogP contribution is 2.42. The van der Waals surface area contributed by atoms with E-state index in [-0.39, 0.29) is 23.0 Å². The van der Waals surface area contributed by atoms with Crippen LogP contribution in [0.3, 0.4) is 0 Å². The number of hydrogen-bond acceptors (Lipinski definition) is 6. The number of rotatable bonds is 9. The third-order valence-electron chi connectivity index (χ3n) is 5.50. The highest BCUT2D eigenvalue weighted by molar-refractivity contribution is 6.46. The molecular weight excluding hydrogens is 422 g/mol. The monoisotopic (exact) mass is 453 g/mol. The van der Waals surface area contributed by atoms with Crippen LogP contribution in [0.4, 0.5) is 0 Å². The first kappa shape index (κ1) is 24.2. The van der Waals surface area contributed by atoms with Crippen molar-refractivity contribution in [2.45, 2.75) is 45.8 Å². The summed E-state index contributed by atoms with van der Waals surface area (Å²) in [6, 6.07) is 11.5. The molecular formula is C26H31NO6. The van der Waals surface area contributed by atoms with Crippen molar-refractivity contribution >= 4 is 17.4 Å². The van der Waals surface area contributed by atoms with Crippen molar-refractivity contribution in [3.63, 3.8) is 0 Å². The molecule has 0 radical (unpaired) electrons. The van der Waals surface area contributed by atoms with Crippen molar-refractivity contribution < 1.29 is 28.9 Å². The molecule has 1 heterocycles. The molecule has 1 unspecified atom stereocenters. The van der Waals surface area contributed by atoms with Crippen molar-refractivity contribution in [2.75, 3.05) is 20.8 Å². The lowest BCUT2D eigenvalue weighted by molar-refractivity contribution is -0.139. The summed E-state index contributed by atoms with van der Waals surface area (Å²) in [7, 11) is 2.98. The number of carbonyl (C=O) groups is 2. The van der Waals surface area contributed by atoms with Gasteiger partial charge in [-0.15, -0.1) is 0 Å². The lowest BCUT2D eigenvalue weighted by Crippen LogP contribution is -2.30. The lowest BCUT2D eigenvalue weighted by Gasteiger charge is -2.26. The van der Waals surface area contributed by atoms with Gasteiger partial charge in [0.15, 0.2) is 0 Å². The zero-order valence-corrected chi connectivity index (χ0v) is 19.8. The quantitative estimate of drug-likeness (QED) is 0.336. The minimum atomic E-state index is -0.747. The Labute approximate surface area is 194 Å². The summed E-state index contributed by atoms with van der Waals surface area (Å²) in [4.78, 5) is 27.7. The van der Waals surface area contributed by atoms with E-state index in [1.165, 1.54) is 19.1 Å². The largest absolute Gasteiger partial charge is 0.507 e. The molecule has 0 aliphatic carbocycles. The van der Waals surface area contributed by atoms with Crippen LogP contribution in [0, 0.1) is 0 Å². The average Bonchev–Trinajstić information content (AvgIpc) is 3.06. The van der Waals surface area contributed by atoms with Crippen molar-refractivity contribution in [2.24, 2.45) is 0 Å². The van der Waals surface area contributed by atoms with Gasteiger partial charge in [0.25, 0.3) is 11.7 Å². The molecule has 0 spiro atoms. The highest BCUT2D eigenvalue weighted by Gasteiger charge is 2.46. The van der Waals surface area contributed by atoms with Gasteiger partial charge in [0.2, 0.25) is 0 Å². The van der Waals surface area contributed by atoms with E-state index in [0.717, 1.165) is 12.8 Å². The predicted octanol–water partition coefficient (Wildman–Crippen LogP) is 4.71. The topological polar surface area (TPSA) is 85.3 Å². The van der Waals surface area contributed by atoms with Crippen LogP contribution >= 0.6 is 0 Å². The van der Waals surface area contributed by atoms with Gasteiger partial charge in [-0.1, -0.05) is 25.5 Å². The molecule has 1 aliphatic heterocycles. The Balaban J connectivity index is 2.22. The van der Waals surface area contributed by atoms with Crippen LogP contribution in [0.5, 0.6) is 17.2 Å². The van der Waals surface area contributed by atoms with Crippen molar-refractivity contribution in [1.82, 2.24) is 4.90 Å². The van der Waals surface area contributed by atoms with E-state index < -0.39 is 17.7 Å². The van der Waals surface area contributed by atoms with Crippen molar-refractivity contribution in [3.05, 3.63) is 59.2 Å². The number of Topliss-reactive ketones (excluding diaryl/α,β-unsaturated/α-hetero) is 1. The van der Waals surface area contributed by atoms with Crippen LogP contribution in [0.1, 0.15) is 50.8 Å². The molecule has 0 aromatic heterocycles. The second-order valence-electron chi connectivity index (χ2n) is 8.15. The minimum Gasteiger partial charge on any atom is -0.507 e. The number of ether oxygens (including phenoxy) is 3. The van der Waals surface area contributed by atoms with Gasteiger partial charge in [0.05, 0.1) is 37.5 Å². The number of aliphatic hydroxyl groups is 1. The fraction of sp³-hybridized carbons (Fsp3) is 0.385. The van der Waals surface area contributed by atoms with E-state index in [1.807, 2.05) is 45.0 Å². The summed E-state index contributed by atoms with van der Waals surface area (Å²) < 4.78 is 16.5. The first-order valence-electron chi connectivity index (χ1n) is 11.1. The maximum absolute atomic E-state index is 13.2. The number of nitrogens with zero attached hydrogens (tertiary/aromatic N) is 1. The third-order valence-corrected chi connectivity index (χ3v) is 5.50. The van der Waals surface area contributed by atoms with Crippen molar-refractivity contribution in [3.8, 4) is 17.2 Å². The molecule has 7 nitrogen and oxygen atoms in total. The SMILES string of the molecule is CCCCN1C(=O)C(=O)/C(=C(/O)c2cc(OC)ccc2OC)C1c1cccc(OC(C)C)c1. The number of amides is 1. The van der Waals surface area contributed by atoms with Crippen LogP contribution < -0.4 is 14.2 Å². The molecule has 0 saturated carbocycles. The number of aliphatic hydroxyl groups excluding tert-OH is 1. The molecule has 3 rings (SSSR count). The molecule has 1 amide bonds. The smallest absolute Gasteiger partial charge is 0.295 e. The Kier molecular flexibility index (Phi) is 7.63. The Hall–Kier alpha value is -3.48. The Morgan fingerprint density at radius 1 is 1.06 bits per heavy atom. The Bertz CT molecular complexity index is 1060. The number of carbonyl (C=O) groups excluding carboxylic acids is 2. The number of benzene rings is 2. The highest BCUT2D eigenvalue weighted by atomic mass is 16.5. The first-order chi connectivity index (χ1) is 15.8. The number of unbranched alkanes of at least 4 members (excludes halogenated alkanes) is 1. The van der Waals surface area contributed by atoms with Crippen LogP contribution in [-0.2, 0) is 9.59 Å². The summed E-state index contributed by atoms with van der Waals surface area (Å²) in [5.41, 5.74) is 0.987. The molecule has 176 valence electrons. The van der Waals surface area contributed by atoms with Gasteiger partial charge in [0, 0.05) is 6.54 Å². The zero-order valence-electron chi connectivity index (χ0n) is 19.8. The van der Waals surface area contributed by atoms with E-state index in [2.05, 4.69) is 0 Å². The summed E-state index contributed by atoms with van der Waals surface area (Å²) in [5, 5.41) is 11.3. The van der Waals surface area contributed by atoms with E-state index in [9.17, 15) is 14.7 Å². The normalized spacial score (nSPS) is 17.5. The maximum Gasteiger partial charge on any atom is 0.295 e. The standard InChI is InChI=1S/C26H31NO6/c1-6-7-13-27-23(17-9-8-10-19(14-17)33-16(2)3)22(25(29)26(27)30)24(28)20-15-18(31-4)11-12-21(20)32-5/h8-12,14-16,23,28H,6-7,13H2,1-5H3/b24-22+. The first-order valence-corrected chi connectivity index (χ1v) is 11.1. The zero-order chi connectivity index (χ0) is 24.1. The van der Waals surface area contributed by atoms with Crippen LogP contribution in [0.25, 0.3) is 5.76 Å². The Morgan fingerprint density at radius 2 is 1.82 bits per heavy atom. The fourth-order valence-corrected chi connectivity index (χ4v) is 3.96. The van der Waals surface area contributed by atoms with E-state index >= 15 is 0 Å². The van der Waals surface area contributed by atoms with Crippen LogP contribution in [-0.4, -0.2) is 48.6 Å². The van der Waals surface area contributed by atoms with Crippen LogP contribution in [0.15, 0.2) is 48.0 Å². The van der Waals surface area contributed by atoms with Gasteiger partial charge in [-0.3, -0.25) is 9.59 Å². The summed E-state index contributed by atoms with van der Waals surface area (Å²) >= 11 is 0. The molecule has 1 N–H and O–H groups in total. The molecule has 7 heteroatoms. The van der Waals surface area contributed by atoms with Crippen molar-refractivity contribution in [1.29, 1.82) is 0 Å². The lowest BCUT2D eigenvalue weighted by atomic mass is 9.94. The number of likely N-dealkylation sites (tertiary alicyclic amines) is 1. The summed E-state index contributed by atoms with van der Waals surface area (Å²) in [6.07, 6.45) is 1.55. The number of ketones is 1. The fourth-order valence-electron chi connectivity index (χ4n) is 3.96. The predicted molar refractivity (Wildman–Crippen MR) is 126 cm³/mol. The van der Waals surface area contributed by atoms with Gasteiger partial charge in [-0.05, 0) is 56.2 Å². The minimum absolute atomic E-state index is 0.0179. The van der Waals surface area contributed by atoms with Gasteiger partial charge in [-0.25, -0.2) is 0 Å². The Morgan fingerprint density at radius 3 is 2.45 bits per heavy atom. The summed E-state index contributed by atoms with van der Waals surface area (Å²) in [5.74, 6) is -0.184. The van der Waals surface area contributed by atoms with E-state index in [0.29, 0.717) is 29.4 Å². The molecule has 1 fully saturated rings. The molecule has 0 bridgehead atoms. The maximum atomic E-state index is 13.2. The molecule has 2 aromatic carbocycles. The molecule has 1 atom stereocenters. The third kappa shape index (κ3) is 4.97. The number of methoxy groups -OCH3 is 2. The van der Waals surface area contributed by atoms with Crippen LogP contribution in [0.2, 0.25) is 0 Å². The van der Waals surface area contributed by atoms with E-state index in [4.69, 9.17) is 14.2 Å². The summed E-state index contributed by atoms with van der Waals surface area (Å²) in [6.45, 7) is 6.26. The molecule has 1 saturated heterocycles. The van der Waals surface area contributed by atoms with Gasteiger partial charge < -0.3 is 24.2 Å². The molecule has 33 heavy (non-hydrogen) atoms. The number of hydrogen-bond donors (Lipinski definition) is 1. The van der Waals surface area contributed by atoms with E-state index in [1.54, 1.807) is 18.2 Å². The van der Waals surface area contributed by atoms with Gasteiger partial charge in [0.1, 0.15) is 23.0 Å². The average molecular weight is 454 g/mol. The second kappa shape index (κ2) is 10.4. The molecule has 2 aromatic rings.